The predicted octanol–water partition coefficient (Wildman–Crippen LogP) is 3.00. The summed E-state index contributed by atoms with van der Waals surface area (Å²) in [5, 5.41) is 3.24. The molecule has 0 fully saturated rings. The molecule has 0 amide bonds. The normalized spacial score (nSPS) is 13.1. The van der Waals surface area contributed by atoms with E-state index in [0.29, 0.717) is 11.1 Å². The van der Waals surface area contributed by atoms with Crippen molar-refractivity contribution in [2.24, 2.45) is 4.99 Å². The van der Waals surface area contributed by atoms with Gasteiger partial charge in [-0.05, 0) is 13.0 Å². The molecule has 0 unspecified atom stereocenters. The highest BCUT2D eigenvalue weighted by Gasteiger charge is 2.18. The lowest BCUT2D eigenvalue weighted by Crippen LogP contribution is -2.22. The van der Waals surface area contributed by atoms with Gasteiger partial charge in [0.2, 0.25) is 0 Å². The number of nitrogens with zero attached hydrogens (tertiary/aromatic N) is 1. The minimum Gasteiger partial charge on any atom is -0.368 e. The Labute approximate surface area is 130 Å². The van der Waals surface area contributed by atoms with Crippen molar-refractivity contribution in [3.63, 3.8) is 0 Å². The highest BCUT2D eigenvalue weighted by molar-refractivity contribution is 6.16. The first-order chi connectivity index (χ1) is 9.75. The van der Waals surface area contributed by atoms with E-state index in [1.54, 1.807) is 0 Å². The Morgan fingerprint density at radius 2 is 1.90 bits per heavy atom. The highest BCUT2D eigenvalue weighted by Crippen LogP contribution is 2.18. The van der Waals surface area contributed by atoms with Gasteiger partial charge >= 0.3 is 0 Å². The summed E-state index contributed by atoms with van der Waals surface area (Å²) in [7, 11) is 0. The Balaban J connectivity index is 0.00000161. The molecule has 0 spiro atoms. The van der Waals surface area contributed by atoms with Crippen LogP contribution in [-0.4, -0.2) is 24.7 Å². The average molecular weight is 301 g/mol. The molecule has 1 aliphatic heterocycles. The van der Waals surface area contributed by atoms with E-state index in [9.17, 15) is 4.79 Å². The van der Waals surface area contributed by atoms with E-state index < -0.39 is 0 Å². The summed E-state index contributed by atoms with van der Waals surface area (Å²) >= 11 is 0. The largest absolute Gasteiger partial charge is 0.368 e. The third-order valence-corrected chi connectivity index (χ3v) is 3.38. The van der Waals surface area contributed by atoms with Gasteiger partial charge in [0.25, 0.3) is 0 Å². The Morgan fingerprint density at radius 3 is 2.57 bits per heavy atom. The molecule has 0 bridgehead atoms. The maximum atomic E-state index is 12.7. The monoisotopic (exact) mass is 300 g/mol. The zero-order valence-corrected chi connectivity index (χ0v) is 12.6. The Kier molecular flexibility index (Phi) is 4.76. The zero-order valence-electron chi connectivity index (χ0n) is 11.8. The minimum absolute atomic E-state index is 0. The lowest BCUT2D eigenvalue weighted by molar-refractivity contribution is 0.103. The molecule has 0 atom stereocenters. The number of ketones is 1. The predicted molar refractivity (Wildman–Crippen MR) is 87.7 cm³/mol. The van der Waals surface area contributed by atoms with Crippen molar-refractivity contribution in [1.82, 2.24) is 5.32 Å². The van der Waals surface area contributed by atoms with Gasteiger partial charge in [0, 0.05) is 23.2 Å². The number of halogens is 1. The van der Waals surface area contributed by atoms with Gasteiger partial charge in [0.05, 0.1) is 6.54 Å². The standard InChI is InChI=1S/C17H16N2O.ClH/c1-12-7-8-14(15(11-12)17-18-9-10-19-17)16(20)13-5-3-2-4-6-13;/h2-8,11H,9-10H2,1H3,(H,18,19);1H. The summed E-state index contributed by atoms with van der Waals surface area (Å²) < 4.78 is 0. The SMILES string of the molecule is Cc1ccc(C(=O)c2ccccc2)c(C2=NCCN2)c1.Cl. The fourth-order valence-corrected chi connectivity index (χ4v) is 2.38. The van der Waals surface area contributed by atoms with Crippen molar-refractivity contribution in [2.45, 2.75) is 6.92 Å². The third kappa shape index (κ3) is 3.14. The van der Waals surface area contributed by atoms with E-state index in [-0.39, 0.29) is 18.2 Å². The molecular weight excluding hydrogens is 284 g/mol. The van der Waals surface area contributed by atoms with Crippen LogP contribution in [0.5, 0.6) is 0 Å². The summed E-state index contributed by atoms with van der Waals surface area (Å²) in [6, 6.07) is 15.2. The molecular formula is C17H17ClN2O. The van der Waals surface area contributed by atoms with E-state index in [2.05, 4.69) is 10.3 Å². The number of aliphatic imine (C=N–C) groups is 1. The smallest absolute Gasteiger partial charge is 0.193 e. The fraction of sp³-hybridized carbons (Fsp3) is 0.176. The maximum Gasteiger partial charge on any atom is 0.193 e. The van der Waals surface area contributed by atoms with Crippen LogP contribution in [0.2, 0.25) is 0 Å². The van der Waals surface area contributed by atoms with E-state index in [0.717, 1.165) is 30.1 Å². The van der Waals surface area contributed by atoms with Crippen LogP contribution < -0.4 is 5.32 Å². The number of carbonyl (C=O) groups excluding carboxylic acids is 1. The van der Waals surface area contributed by atoms with Crippen LogP contribution in [0.25, 0.3) is 0 Å². The van der Waals surface area contributed by atoms with Crippen LogP contribution in [0.3, 0.4) is 0 Å². The second-order valence-corrected chi connectivity index (χ2v) is 4.90. The summed E-state index contributed by atoms with van der Waals surface area (Å²) in [5.41, 5.74) is 3.43. The fourth-order valence-electron chi connectivity index (χ4n) is 2.38. The molecule has 0 saturated carbocycles. The maximum absolute atomic E-state index is 12.7. The molecule has 3 nitrogen and oxygen atoms in total. The molecule has 0 saturated heterocycles. The van der Waals surface area contributed by atoms with E-state index in [1.807, 2.05) is 55.5 Å². The van der Waals surface area contributed by atoms with Crippen molar-refractivity contribution in [3.8, 4) is 0 Å². The van der Waals surface area contributed by atoms with Crippen LogP contribution in [-0.2, 0) is 0 Å². The number of aryl methyl sites for hydroxylation is 1. The number of amidine groups is 1. The molecule has 1 N–H and O–H groups in total. The van der Waals surface area contributed by atoms with Gasteiger partial charge in [-0.15, -0.1) is 12.4 Å². The number of carbonyl (C=O) groups is 1. The Morgan fingerprint density at radius 1 is 1.14 bits per heavy atom. The molecule has 0 aromatic heterocycles. The quantitative estimate of drug-likeness (QED) is 0.885. The zero-order chi connectivity index (χ0) is 13.9. The minimum atomic E-state index is 0. The summed E-state index contributed by atoms with van der Waals surface area (Å²) in [5.74, 6) is 0.866. The summed E-state index contributed by atoms with van der Waals surface area (Å²) in [4.78, 5) is 17.1. The molecule has 1 aliphatic rings. The van der Waals surface area contributed by atoms with Gasteiger partial charge in [0.15, 0.2) is 5.78 Å². The van der Waals surface area contributed by atoms with Crippen molar-refractivity contribution < 1.29 is 4.79 Å². The number of nitrogens with one attached hydrogen (secondary N) is 1. The van der Waals surface area contributed by atoms with Gasteiger partial charge in [-0.25, -0.2) is 0 Å². The number of rotatable bonds is 3. The van der Waals surface area contributed by atoms with Crippen molar-refractivity contribution in [1.29, 1.82) is 0 Å². The van der Waals surface area contributed by atoms with Crippen LogP contribution in [0.1, 0.15) is 27.0 Å². The number of hydrogen-bond acceptors (Lipinski definition) is 3. The van der Waals surface area contributed by atoms with Crippen LogP contribution in [0, 0.1) is 6.92 Å². The molecule has 0 radical (unpaired) electrons. The lowest BCUT2D eigenvalue weighted by atomic mass is 9.96. The van der Waals surface area contributed by atoms with Gasteiger partial charge < -0.3 is 5.32 Å². The molecule has 21 heavy (non-hydrogen) atoms. The van der Waals surface area contributed by atoms with E-state index in [4.69, 9.17) is 0 Å². The number of hydrogen-bond donors (Lipinski definition) is 1. The van der Waals surface area contributed by atoms with Gasteiger partial charge in [0.1, 0.15) is 5.84 Å². The topological polar surface area (TPSA) is 41.5 Å². The molecule has 0 aliphatic carbocycles. The number of benzene rings is 2. The first kappa shape index (κ1) is 15.3. The second kappa shape index (κ2) is 6.55. The average Bonchev–Trinajstić information content (AvgIpc) is 3.01. The van der Waals surface area contributed by atoms with Gasteiger partial charge in [-0.1, -0.05) is 48.0 Å². The van der Waals surface area contributed by atoms with Crippen LogP contribution in [0.15, 0.2) is 53.5 Å². The van der Waals surface area contributed by atoms with Gasteiger partial charge in [-0.3, -0.25) is 9.79 Å². The Hall–Kier alpha value is -2.13. The molecule has 2 aromatic rings. The van der Waals surface area contributed by atoms with Crippen LogP contribution in [0.4, 0.5) is 0 Å². The van der Waals surface area contributed by atoms with Crippen LogP contribution >= 0.6 is 12.4 Å². The van der Waals surface area contributed by atoms with Gasteiger partial charge in [-0.2, -0.15) is 0 Å². The molecule has 3 rings (SSSR count). The van der Waals surface area contributed by atoms with Crippen molar-refractivity contribution in [2.75, 3.05) is 13.1 Å². The Bertz CT molecular complexity index is 680. The second-order valence-electron chi connectivity index (χ2n) is 4.90. The third-order valence-electron chi connectivity index (χ3n) is 3.38. The first-order valence-corrected chi connectivity index (χ1v) is 6.75. The molecule has 1 heterocycles. The molecule has 4 heteroatoms. The first-order valence-electron chi connectivity index (χ1n) is 6.75. The summed E-state index contributed by atoms with van der Waals surface area (Å²) in [6.07, 6.45) is 0. The van der Waals surface area contributed by atoms with Crippen molar-refractivity contribution >= 4 is 24.0 Å². The lowest BCUT2D eigenvalue weighted by Gasteiger charge is -2.10. The highest BCUT2D eigenvalue weighted by atomic mass is 35.5. The van der Waals surface area contributed by atoms with Crippen molar-refractivity contribution in [3.05, 3.63) is 70.8 Å². The summed E-state index contributed by atoms with van der Waals surface area (Å²) in [6.45, 7) is 3.63. The molecule has 2 aromatic carbocycles. The van der Waals surface area contributed by atoms with E-state index in [1.165, 1.54) is 0 Å². The molecule has 108 valence electrons. The van der Waals surface area contributed by atoms with E-state index >= 15 is 0 Å².